The molecule has 0 aromatic carbocycles. The number of aromatic nitrogens is 1. The Morgan fingerprint density at radius 1 is 1.57 bits per heavy atom. The van der Waals surface area contributed by atoms with Crippen LogP contribution in [0.1, 0.15) is 32.0 Å². The van der Waals surface area contributed by atoms with Gasteiger partial charge in [-0.05, 0) is 31.4 Å². The van der Waals surface area contributed by atoms with E-state index < -0.39 is 0 Å². The first-order valence-corrected chi connectivity index (χ1v) is 5.04. The number of nitrogens with zero attached hydrogens (tertiary/aromatic N) is 1. The van der Waals surface area contributed by atoms with Gasteiger partial charge in [0.05, 0.1) is 11.9 Å². The lowest BCUT2D eigenvalue weighted by Gasteiger charge is -2.12. The Kier molecular flexibility index (Phi) is 2.50. The second kappa shape index (κ2) is 3.65. The SMILES string of the molecule is CC(N[C@@H]1C[C@H]1C)c1ccc(F)cn1. The average Bonchev–Trinajstić information content (AvgIpc) is 2.82. The van der Waals surface area contributed by atoms with Crippen LogP contribution in [0.3, 0.4) is 0 Å². The summed E-state index contributed by atoms with van der Waals surface area (Å²) in [6, 6.07) is 4.03. The molecule has 2 nitrogen and oxygen atoms in total. The van der Waals surface area contributed by atoms with Crippen molar-refractivity contribution in [3.63, 3.8) is 0 Å². The fourth-order valence-corrected chi connectivity index (χ4v) is 1.60. The van der Waals surface area contributed by atoms with E-state index >= 15 is 0 Å². The van der Waals surface area contributed by atoms with Crippen LogP contribution in [0.5, 0.6) is 0 Å². The molecule has 0 radical (unpaired) electrons. The molecule has 0 bridgehead atoms. The molecule has 2 rings (SSSR count). The molecule has 1 heterocycles. The summed E-state index contributed by atoms with van der Waals surface area (Å²) >= 11 is 0. The van der Waals surface area contributed by atoms with Gasteiger partial charge in [-0.1, -0.05) is 6.92 Å². The van der Waals surface area contributed by atoms with E-state index in [1.165, 1.54) is 18.7 Å². The number of halogens is 1. The summed E-state index contributed by atoms with van der Waals surface area (Å²) < 4.78 is 12.6. The fraction of sp³-hybridized carbons (Fsp3) is 0.545. The molecule has 0 aliphatic heterocycles. The van der Waals surface area contributed by atoms with E-state index in [0.29, 0.717) is 6.04 Å². The number of rotatable bonds is 3. The zero-order chi connectivity index (χ0) is 10.1. The summed E-state index contributed by atoms with van der Waals surface area (Å²) in [4.78, 5) is 4.05. The summed E-state index contributed by atoms with van der Waals surface area (Å²) in [7, 11) is 0. The van der Waals surface area contributed by atoms with Gasteiger partial charge < -0.3 is 5.32 Å². The molecular formula is C11H15FN2. The van der Waals surface area contributed by atoms with Crippen molar-refractivity contribution in [3.8, 4) is 0 Å². The first-order chi connectivity index (χ1) is 6.66. The minimum Gasteiger partial charge on any atom is -0.306 e. The second-order valence-electron chi connectivity index (χ2n) is 4.11. The lowest BCUT2D eigenvalue weighted by molar-refractivity contribution is 0.536. The fourth-order valence-electron chi connectivity index (χ4n) is 1.60. The molecule has 0 saturated heterocycles. The monoisotopic (exact) mass is 194 g/mol. The molecule has 3 heteroatoms. The lowest BCUT2D eigenvalue weighted by Crippen LogP contribution is -2.22. The minimum atomic E-state index is -0.277. The van der Waals surface area contributed by atoms with Gasteiger partial charge in [0, 0.05) is 12.1 Å². The molecule has 76 valence electrons. The summed E-state index contributed by atoms with van der Waals surface area (Å²) in [5.41, 5.74) is 0.908. The highest BCUT2D eigenvalue weighted by molar-refractivity contribution is 5.10. The van der Waals surface area contributed by atoms with Crippen molar-refractivity contribution < 1.29 is 4.39 Å². The second-order valence-corrected chi connectivity index (χ2v) is 4.11. The van der Waals surface area contributed by atoms with Gasteiger partial charge in [0.2, 0.25) is 0 Å². The first-order valence-electron chi connectivity index (χ1n) is 5.04. The van der Waals surface area contributed by atoms with Crippen LogP contribution in [-0.2, 0) is 0 Å². The third-order valence-electron chi connectivity index (χ3n) is 2.77. The number of hydrogen-bond acceptors (Lipinski definition) is 2. The molecule has 1 N–H and O–H groups in total. The van der Waals surface area contributed by atoms with Crippen LogP contribution < -0.4 is 5.32 Å². The summed E-state index contributed by atoms with van der Waals surface area (Å²) in [6.45, 7) is 4.29. The van der Waals surface area contributed by atoms with Gasteiger partial charge in [-0.25, -0.2) is 4.39 Å². The molecular weight excluding hydrogens is 179 g/mol. The molecule has 3 atom stereocenters. The molecule has 0 spiro atoms. The maximum atomic E-state index is 12.6. The molecule has 1 aromatic rings. The van der Waals surface area contributed by atoms with E-state index in [1.807, 2.05) is 0 Å². The standard InChI is InChI=1S/C11H15FN2/c1-7-5-11(7)14-8(2)10-4-3-9(12)6-13-10/h3-4,6-8,11,14H,5H2,1-2H3/t7-,8?,11-/m1/s1. The highest BCUT2D eigenvalue weighted by Gasteiger charge is 2.33. The van der Waals surface area contributed by atoms with Crippen molar-refractivity contribution in [3.05, 3.63) is 29.8 Å². The van der Waals surface area contributed by atoms with Crippen LogP contribution in [0.25, 0.3) is 0 Å². The van der Waals surface area contributed by atoms with Gasteiger partial charge in [0.15, 0.2) is 0 Å². The Balaban J connectivity index is 1.96. The van der Waals surface area contributed by atoms with Crippen molar-refractivity contribution in [2.24, 2.45) is 5.92 Å². The van der Waals surface area contributed by atoms with Gasteiger partial charge in [0.25, 0.3) is 0 Å². The summed E-state index contributed by atoms with van der Waals surface area (Å²) in [5.74, 6) is 0.499. The Morgan fingerprint density at radius 3 is 2.79 bits per heavy atom. The molecule has 1 fully saturated rings. The van der Waals surface area contributed by atoms with Crippen molar-refractivity contribution in [1.82, 2.24) is 10.3 Å². The van der Waals surface area contributed by atoms with Crippen molar-refractivity contribution in [2.75, 3.05) is 0 Å². The molecule has 14 heavy (non-hydrogen) atoms. The number of hydrogen-bond donors (Lipinski definition) is 1. The van der Waals surface area contributed by atoms with Crippen molar-refractivity contribution >= 4 is 0 Å². The molecule has 1 unspecified atom stereocenters. The summed E-state index contributed by atoms with van der Waals surface area (Å²) in [6.07, 6.45) is 2.51. The van der Waals surface area contributed by atoms with E-state index in [4.69, 9.17) is 0 Å². The molecule has 1 saturated carbocycles. The predicted octanol–water partition coefficient (Wildman–Crippen LogP) is 2.28. The van der Waals surface area contributed by atoms with E-state index in [-0.39, 0.29) is 11.9 Å². The Bertz CT molecular complexity index is 310. The third-order valence-corrected chi connectivity index (χ3v) is 2.77. The van der Waals surface area contributed by atoms with Gasteiger partial charge in [-0.3, -0.25) is 4.98 Å². The van der Waals surface area contributed by atoms with Crippen LogP contribution in [0.4, 0.5) is 4.39 Å². The largest absolute Gasteiger partial charge is 0.306 e. The predicted molar refractivity (Wildman–Crippen MR) is 53.3 cm³/mol. The van der Waals surface area contributed by atoms with Gasteiger partial charge in [0.1, 0.15) is 5.82 Å². The average molecular weight is 194 g/mol. The number of nitrogens with one attached hydrogen (secondary N) is 1. The first kappa shape index (κ1) is 9.59. The maximum Gasteiger partial charge on any atom is 0.141 e. The van der Waals surface area contributed by atoms with Crippen LogP contribution in [0, 0.1) is 11.7 Å². The van der Waals surface area contributed by atoms with E-state index in [2.05, 4.69) is 24.1 Å². The van der Waals surface area contributed by atoms with Crippen LogP contribution in [-0.4, -0.2) is 11.0 Å². The normalized spacial score (nSPS) is 27.4. The lowest BCUT2D eigenvalue weighted by atomic mass is 10.2. The maximum absolute atomic E-state index is 12.6. The Labute approximate surface area is 83.6 Å². The quantitative estimate of drug-likeness (QED) is 0.798. The molecule has 1 aliphatic carbocycles. The van der Waals surface area contributed by atoms with E-state index in [9.17, 15) is 4.39 Å². The minimum absolute atomic E-state index is 0.213. The van der Waals surface area contributed by atoms with E-state index in [1.54, 1.807) is 6.07 Å². The van der Waals surface area contributed by atoms with Crippen molar-refractivity contribution in [1.29, 1.82) is 0 Å². The molecule has 1 aliphatic rings. The Hall–Kier alpha value is -0.960. The van der Waals surface area contributed by atoms with Gasteiger partial charge >= 0.3 is 0 Å². The highest BCUT2D eigenvalue weighted by atomic mass is 19.1. The Morgan fingerprint density at radius 2 is 2.29 bits per heavy atom. The highest BCUT2D eigenvalue weighted by Crippen LogP contribution is 2.31. The topological polar surface area (TPSA) is 24.9 Å². The van der Waals surface area contributed by atoms with Crippen LogP contribution >= 0.6 is 0 Å². The van der Waals surface area contributed by atoms with E-state index in [0.717, 1.165) is 11.6 Å². The van der Waals surface area contributed by atoms with Crippen molar-refractivity contribution in [2.45, 2.75) is 32.4 Å². The smallest absolute Gasteiger partial charge is 0.141 e. The number of pyridine rings is 1. The molecule has 1 aromatic heterocycles. The summed E-state index contributed by atoms with van der Waals surface area (Å²) in [5, 5.41) is 3.45. The molecule has 0 amide bonds. The zero-order valence-electron chi connectivity index (χ0n) is 8.50. The van der Waals surface area contributed by atoms with Crippen LogP contribution in [0.15, 0.2) is 18.3 Å². The van der Waals surface area contributed by atoms with Gasteiger partial charge in [-0.2, -0.15) is 0 Å². The van der Waals surface area contributed by atoms with Gasteiger partial charge in [-0.15, -0.1) is 0 Å². The van der Waals surface area contributed by atoms with Crippen LogP contribution in [0.2, 0.25) is 0 Å². The zero-order valence-corrected chi connectivity index (χ0v) is 8.50. The third kappa shape index (κ3) is 2.10.